The van der Waals surface area contributed by atoms with Gasteiger partial charge in [0.15, 0.2) is 0 Å². The molecule has 2 aliphatic rings. The molecule has 0 radical (unpaired) electrons. The normalized spacial score (nSPS) is 23.8. The second-order valence-corrected chi connectivity index (χ2v) is 7.07. The van der Waals surface area contributed by atoms with Crippen LogP contribution in [0.5, 0.6) is 0 Å². The van der Waals surface area contributed by atoms with E-state index in [0.29, 0.717) is 6.42 Å². The molecule has 1 aromatic heterocycles. The largest absolute Gasteiger partial charge is 0.350 e. The Morgan fingerprint density at radius 3 is 2.79 bits per heavy atom. The van der Waals surface area contributed by atoms with Gasteiger partial charge in [-0.3, -0.25) is 9.78 Å². The van der Waals surface area contributed by atoms with Crippen molar-refractivity contribution in [2.75, 3.05) is 0 Å². The molecule has 0 N–H and O–H groups in total. The lowest BCUT2D eigenvalue weighted by Crippen LogP contribution is -2.44. The summed E-state index contributed by atoms with van der Waals surface area (Å²) in [5, 5.41) is 0. The predicted molar refractivity (Wildman–Crippen MR) is 91.2 cm³/mol. The van der Waals surface area contributed by atoms with Crippen LogP contribution in [0.3, 0.4) is 0 Å². The Balaban J connectivity index is 1.57. The van der Waals surface area contributed by atoms with Crippen LogP contribution in [-0.4, -0.2) is 27.6 Å². The summed E-state index contributed by atoms with van der Waals surface area (Å²) in [6.45, 7) is 4.00. The molecule has 24 heavy (non-hydrogen) atoms. The molecule has 124 valence electrons. The third-order valence-corrected chi connectivity index (χ3v) is 5.09. The predicted octanol–water partition coefficient (Wildman–Crippen LogP) is 3.28. The van der Waals surface area contributed by atoms with Gasteiger partial charge in [0, 0.05) is 25.2 Å². The van der Waals surface area contributed by atoms with Crippen LogP contribution in [0.1, 0.15) is 43.0 Å². The van der Waals surface area contributed by atoms with Crippen LogP contribution in [-0.2, 0) is 22.4 Å². The Morgan fingerprint density at radius 1 is 1.25 bits per heavy atom. The molecule has 0 unspecified atom stereocenters. The van der Waals surface area contributed by atoms with E-state index in [9.17, 15) is 4.79 Å². The van der Waals surface area contributed by atoms with Gasteiger partial charge in [-0.25, -0.2) is 0 Å². The Bertz CT molecular complexity index is 757. The summed E-state index contributed by atoms with van der Waals surface area (Å²) >= 11 is 0. The minimum Gasteiger partial charge on any atom is -0.350 e. The first kappa shape index (κ1) is 15.3. The van der Waals surface area contributed by atoms with Crippen LogP contribution in [0, 0.1) is 0 Å². The van der Waals surface area contributed by atoms with Crippen molar-refractivity contribution in [2.24, 2.45) is 0 Å². The van der Waals surface area contributed by atoms with Crippen molar-refractivity contribution in [1.29, 1.82) is 0 Å². The van der Waals surface area contributed by atoms with Crippen LogP contribution in [0.2, 0.25) is 0 Å². The molecule has 1 fully saturated rings. The van der Waals surface area contributed by atoms with Gasteiger partial charge in [0.25, 0.3) is 0 Å². The summed E-state index contributed by atoms with van der Waals surface area (Å²) in [6.07, 6.45) is 5.72. The van der Waals surface area contributed by atoms with Crippen LogP contribution >= 0.6 is 0 Å². The number of hydrogen-bond acceptors (Lipinski definition) is 3. The molecule has 1 saturated heterocycles. The molecule has 1 aliphatic carbocycles. The van der Waals surface area contributed by atoms with Gasteiger partial charge in [0.05, 0.1) is 12.1 Å². The standard InChI is InChI=1S/C20H22N2O2/c1-20(2)22(18(23)8-7-14-9-11-21-12-10-14)19-16-6-4-3-5-15(16)13-17(19)24-20/h3-6,9-12,17,19H,7-8,13H2,1-2H3/t17-,19+/m1/s1. The summed E-state index contributed by atoms with van der Waals surface area (Å²) < 4.78 is 6.24. The van der Waals surface area contributed by atoms with E-state index in [4.69, 9.17) is 4.74 Å². The number of carbonyl (C=O) groups is 1. The third kappa shape index (κ3) is 2.51. The van der Waals surface area contributed by atoms with Crippen LogP contribution in [0.25, 0.3) is 0 Å². The Kier molecular flexibility index (Phi) is 3.65. The first-order chi connectivity index (χ1) is 11.6. The van der Waals surface area contributed by atoms with E-state index in [1.807, 2.05) is 36.9 Å². The molecule has 1 aromatic carbocycles. The number of nitrogens with zero attached hydrogens (tertiary/aromatic N) is 2. The zero-order valence-electron chi connectivity index (χ0n) is 14.1. The Morgan fingerprint density at radius 2 is 2.00 bits per heavy atom. The van der Waals surface area contributed by atoms with Crippen molar-refractivity contribution >= 4 is 5.91 Å². The highest BCUT2D eigenvalue weighted by Gasteiger charge is 2.53. The lowest BCUT2D eigenvalue weighted by molar-refractivity contribution is -0.147. The van der Waals surface area contributed by atoms with Crippen LogP contribution in [0.15, 0.2) is 48.8 Å². The Labute approximate surface area is 142 Å². The quantitative estimate of drug-likeness (QED) is 0.871. The summed E-state index contributed by atoms with van der Waals surface area (Å²) in [5.74, 6) is 0.154. The maximum absolute atomic E-state index is 13.0. The summed E-state index contributed by atoms with van der Waals surface area (Å²) in [4.78, 5) is 19.0. The molecular formula is C20H22N2O2. The first-order valence-electron chi connectivity index (χ1n) is 8.53. The van der Waals surface area contributed by atoms with Crippen molar-refractivity contribution in [1.82, 2.24) is 9.88 Å². The molecule has 0 spiro atoms. The molecule has 0 saturated carbocycles. The van der Waals surface area contributed by atoms with Gasteiger partial charge in [-0.15, -0.1) is 0 Å². The lowest BCUT2D eigenvalue weighted by Gasteiger charge is -2.34. The molecule has 1 aliphatic heterocycles. The molecule has 2 heterocycles. The van der Waals surface area contributed by atoms with Gasteiger partial charge in [-0.2, -0.15) is 0 Å². The van der Waals surface area contributed by atoms with Gasteiger partial charge in [-0.05, 0) is 49.1 Å². The van der Waals surface area contributed by atoms with Gasteiger partial charge >= 0.3 is 0 Å². The molecule has 4 heteroatoms. The van der Waals surface area contributed by atoms with Gasteiger partial charge < -0.3 is 9.64 Å². The highest BCUT2D eigenvalue weighted by Crippen LogP contribution is 2.48. The average Bonchev–Trinajstić information content (AvgIpc) is 3.04. The molecule has 2 aromatic rings. The fourth-order valence-corrected chi connectivity index (χ4v) is 4.09. The third-order valence-electron chi connectivity index (χ3n) is 5.09. The second kappa shape index (κ2) is 5.71. The molecule has 4 nitrogen and oxygen atoms in total. The highest BCUT2D eigenvalue weighted by atomic mass is 16.5. The molecule has 4 rings (SSSR count). The van der Waals surface area contributed by atoms with E-state index < -0.39 is 5.72 Å². The molecular weight excluding hydrogens is 300 g/mol. The summed E-state index contributed by atoms with van der Waals surface area (Å²) in [7, 11) is 0. The average molecular weight is 322 g/mol. The van der Waals surface area contributed by atoms with E-state index in [2.05, 4.69) is 23.2 Å². The van der Waals surface area contributed by atoms with E-state index in [0.717, 1.165) is 18.4 Å². The van der Waals surface area contributed by atoms with Gasteiger partial charge in [-0.1, -0.05) is 24.3 Å². The number of aromatic nitrogens is 1. The number of aryl methyl sites for hydroxylation is 1. The van der Waals surface area contributed by atoms with E-state index in [-0.39, 0.29) is 18.1 Å². The number of benzene rings is 1. The zero-order chi connectivity index (χ0) is 16.7. The molecule has 0 bridgehead atoms. The molecule has 2 atom stereocenters. The number of hydrogen-bond donors (Lipinski definition) is 0. The van der Waals surface area contributed by atoms with Crippen molar-refractivity contribution in [3.8, 4) is 0 Å². The first-order valence-corrected chi connectivity index (χ1v) is 8.53. The van der Waals surface area contributed by atoms with E-state index in [1.54, 1.807) is 12.4 Å². The number of rotatable bonds is 3. The molecule has 1 amide bonds. The van der Waals surface area contributed by atoms with Crippen molar-refractivity contribution in [3.63, 3.8) is 0 Å². The number of pyridine rings is 1. The second-order valence-electron chi connectivity index (χ2n) is 7.07. The van der Waals surface area contributed by atoms with E-state index in [1.165, 1.54) is 11.1 Å². The van der Waals surface area contributed by atoms with E-state index >= 15 is 0 Å². The fraction of sp³-hybridized carbons (Fsp3) is 0.400. The zero-order valence-corrected chi connectivity index (χ0v) is 14.1. The number of amides is 1. The number of fused-ring (bicyclic) bond motifs is 3. The minimum atomic E-state index is -0.557. The maximum Gasteiger partial charge on any atom is 0.225 e. The monoisotopic (exact) mass is 322 g/mol. The maximum atomic E-state index is 13.0. The van der Waals surface area contributed by atoms with Crippen LogP contribution in [0.4, 0.5) is 0 Å². The van der Waals surface area contributed by atoms with Crippen LogP contribution < -0.4 is 0 Å². The Hall–Kier alpha value is -2.20. The lowest BCUT2D eigenvalue weighted by atomic mass is 10.0. The van der Waals surface area contributed by atoms with Gasteiger partial charge in [0.1, 0.15) is 5.72 Å². The van der Waals surface area contributed by atoms with Crippen molar-refractivity contribution in [3.05, 3.63) is 65.5 Å². The number of carbonyl (C=O) groups excluding carboxylic acids is 1. The van der Waals surface area contributed by atoms with Crippen molar-refractivity contribution in [2.45, 2.75) is 51.0 Å². The highest BCUT2D eigenvalue weighted by molar-refractivity contribution is 5.78. The SMILES string of the molecule is CC1(C)O[C@@H]2Cc3ccccc3[C@@H]2N1C(=O)CCc1ccncc1. The minimum absolute atomic E-state index is 0.0427. The summed E-state index contributed by atoms with van der Waals surface area (Å²) in [5.41, 5.74) is 3.12. The fourth-order valence-electron chi connectivity index (χ4n) is 4.09. The smallest absolute Gasteiger partial charge is 0.225 e. The summed E-state index contributed by atoms with van der Waals surface area (Å²) in [6, 6.07) is 12.4. The topological polar surface area (TPSA) is 42.4 Å². The number of ether oxygens (including phenoxy) is 1. The van der Waals surface area contributed by atoms with Crippen molar-refractivity contribution < 1.29 is 9.53 Å². The van der Waals surface area contributed by atoms with Gasteiger partial charge in [0.2, 0.25) is 5.91 Å².